The monoisotopic (exact) mass is 209 g/mol. The van der Waals surface area contributed by atoms with E-state index in [0.717, 1.165) is 10.3 Å². The second-order valence-electron chi connectivity index (χ2n) is 2.70. The van der Waals surface area contributed by atoms with Gasteiger partial charge in [0, 0.05) is 24.3 Å². The summed E-state index contributed by atoms with van der Waals surface area (Å²) in [6.07, 6.45) is 6.60. The van der Waals surface area contributed by atoms with E-state index >= 15 is 0 Å². The van der Waals surface area contributed by atoms with Gasteiger partial charge in [0.1, 0.15) is 0 Å². The number of rotatable bonds is 3. The summed E-state index contributed by atoms with van der Waals surface area (Å²) in [7, 11) is 0. The van der Waals surface area contributed by atoms with Crippen LogP contribution in [0.25, 0.3) is 6.08 Å². The summed E-state index contributed by atoms with van der Waals surface area (Å²) in [5.41, 5.74) is 0.839. The molecule has 0 aromatic carbocycles. The zero-order valence-electron chi connectivity index (χ0n) is 7.84. The Bertz CT molecular complexity index is 350. The molecule has 0 spiro atoms. The van der Waals surface area contributed by atoms with E-state index in [1.165, 1.54) is 31.1 Å². The minimum absolute atomic E-state index is 0.0987. The third-order valence-corrected chi connectivity index (χ3v) is 2.26. The molecule has 3 nitrogen and oxygen atoms in total. The van der Waals surface area contributed by atoms with Gasteiger partial charge in [-0.05, 0) is 6.07 Å². The number of pyridine rings is 1. The van der Waals surface area contributed by atoms with Crippen LogP contribution >= 0.6 is 11.8 Å². The lowest BCUT2D eigenvalue weighted by Crippen LogP contribution is -2.24. The molecule has 4 heteroatoms. The molecular weight excluding hydrogens is 198 g/mol. The van der Waals surface area contributed by atoms with Crippen molar-refractivity contribution < 1.29 is 9.52 Å². The van der Waals surface area contributed by atoms with Gasteiger partial charge < -0.3 is 5.21 Å². The third kappa shape index (κ3) is 4.09. The average molecular weight is 209 g/mol. The van der Waals surface area contributed by atoms with Crippen LogP contribution in [0.1, 0.15) is 12.5 Å². The highest BCUT2D eigenvalue weighted by Crippen LogP contribution is 2.03. The van der Waals surface area contributed by atoms with E-state index in [1.807, 2.05) is 18.2 Å². The average Bonchev–Trinajstić information content (AvgIpc) is 2.12. The van der Waals surface area contributed by atoms with Gasteiger partial charge in [-0.15, -0.1) is 0 Å². The molecule has 1 aromatic heterocycles. The maximum Gasteiger partial charge on any atom is 0.187 e. The number of carbonyl (C=O) groups is 1. The van der Waals surface area contributed by atoms with Crippen molar-refractivity contribution in [2.45, 2.75) is 6.92 Å². The molecule has 0 saturated carbocycles. The van der Waals surface area contributed by atoms with E-state index in [-0.39, 0.29) is 5.12 Å². The standard InChI is InChI=1S/C10H11NO2S/c1-9(12)14-7-3-5-10-4-2-6-11(13)8-10/h2-6,8H,7H2,1H3. The lowest BCUT2D eigenvalue weighted by Gasteiger charge is -1.95. The van der Waals surface area contributed by atoms with Gasteiger partial charge in [0.2, 0.25) is 0 Å². The van der Waals surface area contributed by atoms with Crippen molar-refractivity contribution in [2.24, 2.45) is 0 Å². The van der Waals surface area contributed by atoms with Gasteiger partial charge in [-0.25, -0.2) is 0 Å². The molecule has 1 rings (SSSR count). The molecule has 0 fully saturated rings. The third-order valence-electron chi connectivity index (χ3n) is 1.49. The number of thioether (sulfide) groups is 1. The van der Waals surface area contributed by atoms with Crippen LogP contribution in [0, 0.1) is 5.21 Å². The number of nitrogens with zero attached hydrogens (tertiary/aromatic N) is 1. The van der Waals surface area contributed by atoms with Crippen molar-refractivity contribution >= 4 is 23.0 Å². The fourth-order valence-electron chi connectivity index (χ4n) is 0.920. The summed E-state index contributed by atoms with van der Waals surface area (Å²) in [5, 5.41) is 11.0. The van der Waals surface area contributed by atoms with Crippen LogP contribution in [-0.4, -0.2) is 10.9 Å². The Morgan fingerprint density at radius 3 is 3.14 bits per heavy atom. The first-order valence-electron chi connectivity index (χ1n) is 4.17. The molecule has 0 bridgehead atoms. The molecular formula is C10H11NO2S. The van der Waals surface area contributed by atoms with Gasteiger partial charge >= 0.3 is 0 Å². The van der Waals surface area contributed by atoms with E-state index in [4.69, 9.17) is 0 Å². The van der Waals surface area contributed by atoms with Crippen LogP contribution < -0.4 is 4.73 Å². The second kappa shape index (κ2) is 5.44. The summed E-state index contributed by atoms with van der Waals surface area (Å²) in [4.78, 5) is 10.6. The van der Waals surface area contributed by atoms with Crippen molar-refractivity contribution in [3.05, 3.63) is 41.4 Å². The summed E-state index contributed by atoms with van der Waals surface area (Å²) >= 11 is 1.24. The molecule has 0 atom stereocenters. The van der Waals surface area contributed by atoms with E-state index < -0.39 is 0 Å². The van der Waals surface area contributed by atoms with Crippen molar-refractivity contribution in [2.75, 3.05) is 5.75 Å². The van der Waals surface area contributed by atoms with E-state index in [9.17, 15) is 10.0 Å². The molecule has 1 aromatic rings. The Balaban J connectivity index is 2.47. The molecule has 1 heterocycles. The number of hydrogen-bond acceptors (Lipinski definition) is 3. The van der Waals surface area contributed by atoms with Crippen LogP contribution in [-0.2, 0) is 4.79 Å². The highest BCUT2D eigenvalue weighted by molar-refractivity contribution is 8.13. The highest BCUT2D eigenvalue weighted by atomic mass is 32.2. The summed E-state index contributed by atoms with van der Waals surface area (Å²) < 4.78 is 0.748. The molecule has 0 N–H and O–H groups in total. The van der Waals surface area contributed by atoms with E-state index in [1.54, 1.807) is 6.07 Å². The maximum atomic E-state index is 10.9. The first-order valence-corrected chi connectivity index (χ1v) is 5.16. The van der Waals surface area contributed by atoms with Crippen molar-refractivity contribution in [3.8, 4) is 0 Å². The van der Waals surface area contributed by atoms with Gasteiger partial charge in [0.25, 0.3) is 0 Å². The SMILES string of the molecule is CC(=O)SCC=Cc1ccc[n+]([O-])c1. The Morgan fingerprint density at radius 2 is 2.50 bits per heavy atom. The molecule has 14 heavy (non-hydrogen) atoms. The van der Waals surface area contributed by atoms with Crippen LogP contribution in [0.2, 0.25) is 0 Å². The molecule has 0 saturated heterocycles. The molecule has 0 aliphatic rings. The number of aromatic nitrogens is 1. The molecule has 0 radical (unpaired) electrons. The highest BCUT2D eigenvalue weighted by Gasteiger charge is 1.92. The zero-order valence-corrected chi connectivity index (χ0v) is 8.66. The minimum Gasteiger partial charge on any atom is -0.619 e. The van der Waals surface area contributed by atoms with Gasteiger partial charge in [0.15, 0.2) is 17.5 Å². The van der Waals surface area contributed by atoms with Crippen LogP contribution in [0.3, 0.4) is 0 Å². The summed E-state index contributed by atoms with van der Waals surface area (Å²) in [6.45, 7) is 1.53. The first-order chi connectivity index (χ1) is 6.68. The van der Waals surface area contributed by atoms with Gasteiger partial charge in [-0.3, -0.25) is 4.79 Å². The maximum absolute atomic E-state index is 10.9. The molecule has 0 amide bonds. The minimum atomic E-state index is 0.0987. The Labute approximate surface area is 87.0 Å². The Hall–Kier alpha value is -1.29. The molecule has 0 aliphatic heterocycles. The number of carbonyl (C=O) groups excluding carboxylic acids is 1. The predicted molar refractivity (Wildman–Crippen MR) is 57.6 cm³/mol. The summed E-state index contributed by atoms with van der Waals surface area (Å²) in [5.74, 6) is 0.642. The Morgan fingerprint density at radius 1 is 1.71 bits per heavy atom. The fraction of sp³-hybridized carbons (Fsp3) is 0.200. The van der Waals surface area contributed by atoms with Crippen molar-refractivity contribution in [1.82, 2.24) is 0 Å². The van der Waals surface area contributed by atoms with Gasteiger partial charge in [-0.2, -0.15) is 4.73 Å². The van der Waals surface area contributed by atoms with Gasteiger partial charge in [-0.1, -0.05) is 23.9 Å². The predicted octanol–water partition coefficient (Wildman–Crippen LogP) is 1.61. The Kier molecular flexibility index (Phi) is 4.19. The molecule has 74 valence electrons. The second-order valence-corrected chi connectivity index (χ2v) is 3.90. The van der Waals surface area contributed by atoms with Crippen LogP contribution in [0.15, 0.2) is 30.6 Å². The topological polar surface area (TPSA) is 44.0 Å². The largest absolute Gasteiger partial charge is 0.619 e. The lowest BCUT2D eigenvalue weighted by molar-refractivity contribution is -0.605. The van der Waals surface area contributed by atoms with Gasteiger partial charge in [0.05, 0.1) is 0 Å². The molecule has 0 unspecified atom stereocenters. The van der Waals surface area contributed by atoms with Crippen LogP contribution in [0.5, 0.6) is 0 Å². The van der Waals surface area contributed by atoms with Crippen molar-refractivity contribution in [1.29, 1.82) is 0 Å². The quantitative estimate of drug-likeness (QED) is 0.561. The zero-order chi connectivity index (χ0) is 10.4. The normalized spacial score (nSPS) is 10.6. The smallest absolute Gasteiger partial charge is 0.187 e. The summed E-state index contributed by atoms with van der Waals surface area (Å²) in [6, 6.07) is 3.52. The first kappa shape index (κ1) is 10.8. The lowest BCUT2D eigenvalue weighted by atomic mass is 10.3. The van der Waals surface area contributed by atoms with Crippen molar-refractivity contribution in [3.63, 3.8) is 0 Å². The van der Waals surface area contributed by atoms with E-state index in [2.05, 4.69) is 0 Å². The van der Waals surface area contributed by atoms with Crippen LogP contribution in [0.4, 0.5) is 0 Å². The fourth-order valence-corrected chi connectivity index (χ4v) is 1.35. The number of hydrogen-bond donors (Lipinski definition) is 0. The molecule has 0 aliphatic carbocycles. The van der Waals surface area contributed by atoms with E-state index in [0.29, 0.717) is 5.75 Å².